The Bertz CT molecular complexity index is 551. The number of nitrogens with two attached hydrogens (primary N) is 2. The molecule has 11 heteroatoms. The van der Waals surface area contributed by atoms with Gasteiger partial charge in [0.05, 0.1) is 13.0 Å². The van der Waals surface area contributed by atoms with Crippen molar-refractivity contribution in [2.24, 2.45) is 17.4 Å². The van der Waals surface area contributed by atoms with Crippen molar-refractivity contribution in [2.45, 2.75) is 51.7 Å². The molecule has 0 saturated carbocycles. The molecule has 3 unspecified atom stereocenters. The zero-order valence-corrected chi connectivity index (χ0v) is 15.1. The van der Waals surface area contributed by atoms with E-state index in [4.69, 9.17) is 16.6 Å². The Hall–Kier alpha value is -2.69. The lowest BCUT2D eigenvalue weighted by Crippen LogP contribution is -2.55. The van der Waals surface area contributed by atoms with Gasteiger partial charge in [-0.3, -0.25) is 19.2 Å². The van der Waals surface area contributed by atoms with Crippen LogP contribution in [0.25, 0.3) is 0 Å². The second-order valence-corrected chi connectivity index (χ2v) is 6.25. The molecule has 0 radical (unpaired) electrons. The van der Waals surface area contributed by atoms with Gasteiger partial charge in [0.15, 0.2) is 0 Å². The first-order chi connectivity index (χ1) is 12.0. The van der Waals surface area contributed by atoms with Crippen molar-refractivity contribution in [3.05, 3.63) is 0 Å². The summed E-state index contributed by atoms with van der Waals surface area (Å²) < 4.78 is 0. The molecule has 0 aromatic heterocycles. The van der Waals surface area contributed by atoms with Crippen LogP contribution in [0.3, 0.4) is 0 Å². The number of amides is 4. The number of carbonyl (C=O) groups excluding carboxylic acids is 4. The van der Waals surface area contributed by atoms with Gasteiger partial charge in [-0.25, -0.2) is 4.79 Å². The van der Waals surface area contributed by atoms with E-state index in [0.29, 0.717) is 6.42 Å². The summed E-state index contributed by atoms with van der Waals surface area (Å²) in [5.74, 6) is -4.17. The monoisotopic (exact) mass is 373 g/mol. The molecule has 0 bridgehead atoms. The SMILES string of the molecule is CC(C)CC(NC(=O)CN)C(=O)NC(C)C(=O)NC(CC(N)=O)C(=O)O. The van der Waals surface area contributed by atoms with E-state index in [1.54, 1.807) is 0 Å². The smallest absolute Gasteiger partial charge is 0.326 e. The third-order valence-electron chi connectivity index (χ3n) is 3.32. The van der Waals surface area contributed by atoms with Crippen molar-refractivity contribution in [2.75, 3.05) is 6.54 Å². The minimum absolute atomic E-state index is 0.0833. The molecule has 0 aliphatic carbocycles. The number of carbonyl (C=O) groups is 5. The van der Waals surface area contributed by atoms with Gasteiger partial charge < -0.3 is 32.5 Å². The Labute approximate surface area is 151 Å². The van der Waals surface area contributed by atoms with Gasteiger partial charge in [0, 0.05) is 0 Å². The molecular weight excluding hydrogens is 346 g/mol. The number of carboxylic acid groups (broad SMARTS) is 1. The summed E-state index contributed by atoms with van der Waals surface area (Å²) in [7, 11) is 0. The third-order valence-corrected chi connectivity index (χ3v) is 3.32. The van der Waals surface area contributed by atoms with Crippen LogP contribution in [0.15, 0.2) is 0 Å². The molecule has 0 spiro atoms. The number of hydrogen-bond acceptors (Lipinski definition) is 6. The van der Waals surface area contributed by atoms with Crippen LogP contribution in [0.5, 0.6) is 0 Å². The third kappa shape index (κ3) is 8.97. The fourth-order valence-electron chi connectivity index (χ4n) is 2.03. The van der Waals surface area contributed by atoms with E-state index in [9.17, 15) is 24.0 Å². The van der Waals surface area contributed by atoms with Gasteiger partial charge in [0.25, 0.3) is 0 Å². The standard InChI is InChI=1S/C15H27N5O6/c1-7(2)4-9(19-12(22)6-16)14(24)18-8(3)13(23)20-10(15(25)26)5-11(17)21/h7-10H,4-6,16H2,1-3H3,(H2,17,21)(H,18,24)(H,19,22)(H,20,23)(H,25,26). The molecule has 11 nitrogen and oxygen atoms in total. The van der Waals surface area contributed by atoms with E-state index in [1.165, 1.54) is 6.92 Å². The topological polar surface area (TPSA) is 194 Å². The van der Waals surface area contributed by atoms with Crippen LogP contribution >= 0.6 is 0 Å². The molecule has 26 heavy (non-hydrogen) atoms. The van der Waals surface area contributed by atoms with E-state index in [-0.39, 0.29) is 12.5 Å². The minimum atomic E-state index is -1.50. The molecule has 0 aliphatic rings. The van der Waals surface area contributed by atoms with E-state index >= 15 is 0 Å². The molecule has 0 aromatic carbocycles. The highest BCUT2D eigenvalue weighted by Gasteiger charge is 2.28. The van der Waals surface area contributed by atoms with Crippen molar-refractivity contribution in [3.63, 3.8) is 0 Å². The lowest BCUT2D eigenvalue weighted by Gasteiger charge is -2.23. The van der Waals surface area contributed by atoms with E-state index in [0.717, 1.165) is 0 Å². The maximum atomic E-state index is 12.3. The van der Waals surface area contributed by atoms with Gasteiger partial charge in [0.1, 0.15) is 18.1 Å². The summed E-state index contributed by atoms with van der Waals surface area (Å²) in [6, 6.07) is -3.48. The van der Waals surface area contributed by atoms with Gasteiger partial charge in [-0.1, -0.05) is 13.8 Å². The van der Waals surface area contributed by atoms with Gasteiger partial charge in [-0.05, 0) is 19.3 Å². The van der Waals surface area contributed by atoms with E-state index < -0.39 is 54.1 Å². The van der Waals surface area contributed by atoms with Crippen LogP contribution in [-0.4, -0.2) is 59.4 Å². The molecule has 0 aromatic rings. The summed E-state index contributed by atoms with van der Waals surface area (Å²) in [6.45, 7) is 4.76. The van der Waals surface area contributed by atoms with Crippen molar-refractivity contribution in [3.8, 4) is 0 Å². The lowest BCUT2D eigenvalue weighted by atomic mass is 10.0. The summed E-state index contributed by atoms with van der Waals surface area (Å²) in [5.41, 5.74) is 10.2. The summed E-state index contributed by atoms with van der Waals surface area (Å²) in [4.78, 5) is 57.7. The van der Waals surface area contributed by atoms with Gasteiger partial charge in [0.2, 0.25) is 23.6 Å². The zero-order valence-electron chi connectivity index (χ0n) is 15.1. The quantitative estimate of drug-likeness (QED) is 0.229. The largest absolute Gasteiger partial charge is 0.480 e. The van der Waals surface area contributed by atoms with Crippen LogP contribution in [-0.2, 0) is 24.0 Å². The van der Waals surface area contributed by atoms with Crippen LogP contribution in [0.1, 0.15) is 33.6 Å². The first-order valence-corrected chi connectivity index (χ1v) is 8.09. The minimum Gasteiger partial charge on any atom is -0.480 e. The Morgan fingerprint density at radius 2 is 1.50 bits per heavy atom. The zero-order chi connectivity index (χ0) is 20.4. The first-order valence-electron chi connectivity index (χ1n) is 8.09. The Morgan fingerprint density at radius 1 is 0.923 bits per heavy atom. The summed E-state index contributed by atoms with van der Waals surface area (Å²) in [5, 5.41) is 16.0. The van der Waals surface area contributed by atoms with Gasteiger partial charge in [-0.15, -0.1) is 0 Å². The van der Waals surface area contributed by atoms with E-state index in [2.05, 4.69) is 16.0 Å². The molecule has 0 fully saturated rings. The molecule has 0 aliphatic heterocycles. The van der Waals surface area contributed by atoms with Crippen LogP contribution in [0, 0.1) is 5.92 Å². The number of aliphatic carboxylic acids is 1. The molecule has 4 amide bonds. The fourth-order valence-corrected chi connectivity index (χ4v) is 2.03. The number of primary amides is 1. The predicted molar refractivity (Wildman–Crippen MR) is 91.4 cm³/mol. The van der Waals surface area contributed by atoms with Crippen LogP contribution < -0.4 is 27.4 Å². The van der Waals surface area contributed by atoms with Crippen molar-refractivity contribution in [1.29, 1.82) is 0 Å². The Morgan fingerprint density at radius 3 is 1.92 bits per heavy atom. The number of rotatable bonds is 11. The maximum Gasteiger partial charge on any atom is 0.326 e. The van der Waals surface area contributed by atoms with Crippen molar-refractivity contribution in [1.82, 2.24) is 16.0 Å². The number of carboxylic acids is 1. The second kappa shape index (κ2) is 11.0. The second-order valence-electron chi connectivity index (χ2n) is 6.25. The highest BCUT2D eigenvalue weighted by molar-refractivity contribution is 5.94. The lowest BCUT2D eigenvalue weighted by molar-refractivity contribution is -0.143. The van der Waals surface area contributed by atoms with Gasteiger partial charge >= 0.3 is 5.97 Å². The van der Waals surface area contributed by atoms with Gasteiger partial charge in [-0.2, -0.15) is 0 Å². The fraction of sp³-hybridized carbons (Fsp3) is 0.667. The summed E-state index contributed by atoms with van der Waals surface area (Å²) in [6.07, 6.45) is -0.254. The first kappa shape index (κ1) is 23.3. The average molecular weight is 373 g/mol. The van der Waals surface area contributed by atoms with E-state index in [1.807, 2.05) is 13.8 Å². The molecule has 0 saturated heterocycles. The number of nitrogens with one attached hydrogen (secondary N) is 3. The van der Waals surface area contributed by atoms with Crippen molar-refractivity contribution < 1.29 is 29.1 Å². The van der Waals surface area contributed by atoms with Crippen molar-refractivity contribution >= 4 is 29.6 Å². The predicted octanol–water partition coefficient (Wildman–Crippen LogP) is -2.57. The van der Waals surface area contributed by atoms with Crippen LogP contribution in [0.4, 0.5) is 0 Å². The molecule has 0 heterocycles. The molecular formula is C15H27N5O6. The Balaban J connectivity index is 4.90. The normalized spacial score (nSPS) is 14.0. The highest BCUT2D eigenvalue weighted by atomic mass is 16.4. The number of hydrogen-bond donors (Lipinski definition) is 6. The van der Waals surface area contributed by atoms with Crippen LogP contribution in [0.2, 0.25) is 0 Å². The molecule has 0 rings (SSSR count). The average Bonchev–Trinajstić information content (AvgIpc) is 2.52. The Kier molecular flexibility index (Phi) is 9.89. The molecule has 148 valence electrons. The maximum absolute atomic E-state index is 12.3. The molecule has 3 atom stereocenters. The highest BCUT2D eigenvalue weighted by Crippen LogP contribution is 2.05. The molecule has 8 N–H and O–H groups in total. The summed E-state index contributed by atoms with van der Waals surface area (Å²) >= 11 is 0.